The quantitative estimate of drug-likeness (QED) is 0.238. The summed E-state index contributed by atoms with van der Waals surface area (Å²) < 4.78 is 6.88. The first-order valence-electron chi connectivity index (χ1n) is 9.89. The molecule has 4 nitrogen and oxygen atoms in total. The van der Waals surface area contributed by atoms with E-state index in [0.717, 1.165) is 31.9 Å². The van der Waals surface area contributed by atoms with Gasteiger partial charge in [0.15, 0.2) is 0 Å². The zero-order valence-corrected chi connectivity index (χ0v) is 18.5. The van der Waals surface area contributed by atoms with Gasteiger partial charge >= 0.3 is 5.97 Å². The molecule has 0 unspecified atom stereocenters. The lowest BCUT2D eigenvalue weighted by Gasteiger charge is -2.11. The van der Waals surface area contributed by atoms with Crippen molar-refractivity contribution >= 4 is 44.3 Å². The first-order valence-corrected chi connectivity index (χ1v) is 10.7. The zero-order valence-electron chi connectivity index (χ0n) is 17.0. The van der Waals surface area contributed by atoms with Crippen LogP contribution in [0.5, 0.6) is 5.75 Å². The fraction of sp³-hybridized carbons (Fsp3) is 0.0370. The van der Waals surface area contributed by atoms with E-state index in [1.54, 1.807) is 24.3 Å². The maximum atomic E-state index is 11.0. The Morgan fingerprint density at radius 3 is 2.38 bits per heavy atom. The van der Waals surface area contributed by atoms with Gasteiger partial charge in [0.25, 0.3) is 0 Å². The lowest BCUT2D eigenvalue weighted by atomic mass is 10.00. The lowest BCUT2D eigenvalue weighted by molar-refractivity contribution is 0.0697. The number of halogens is 1. The van der Waals surface area contributed by atoms with E-state index in [1.165, 1.54) is 0 Å². The number of ether oxygens (including phenoxy) is 1. The summed E-state index contributed by atoms with van der Waals surface area (Å²) in [6.07, 6.45) is 1.82. The third kappa shape index (κ3) is 4.88. The van der Waals surface area contributed by atoms with Crippen molar-refractivity contribution in [3.8, 4) is 11.8 Å². The molecule has 4 rings (SSSR count). The van der Waals surface area contributed by atoms with E-state index >= 15 is 0 Å². The molecule has 156 valence electrons. The predicted octanol–water partition coefficient (Wildman–Crippen LogP) is 6.94. The molecule has 4 aromatic carbocycles. The van der Waals surface area contributed by atoms with Gasteiger partial charge in [-0.25, -0.2) is 4.79 Å². The summed E-state index contributed by atoms with van der Waals surface area (Å²) >= 11 is 3.49. The Labute approximate surface area is 194 Å². The van der Waals surface area contributed by atoms with Crippen molar-refractivity contribution in [1.82, 2.24) is 0 Å². The molecule has 4 aromatic rings. The molecule has 0 aromatic heterocycles. The van der Waals surface area contributed by atoms with Crippen LogP contribution in [0, 0.1) is 11.3 Å². The van der Waals surface area contributed by atoms with Crippen molar-refractivity contribution in [2.75, 3.05) is 0 Å². The topological polar surface area (TPSA) is 70.3 Å². The summed E-state index contributed by atoms with van der Waals surface area (Å²) in [5, 5.41) is 21.1. The number of carboxylic acids is 1. The number of nitrogens with zero attached hydrogens (tertiary/aromatic N) is 1. The minimum Gasteiger partial charge on any atom is -0.488 e. The largest absolute Gasteiger partial charge is 0.488 e. The summed E-state index contributed by atoms with van der Waals surface area (Å²) in [6.45, 7) is 0.278. The molecule has 5 heteroatoms. The number of fused-ring (bicyclic) bond motifs is 1. The molecule has 0 heterocycles. The van der Waals surface area contributed by atoms with Crippen molar-refractivity contribution in [2.24, 2.45) is 0 Å². The highest BCUT2D eigenvalue weighted by Crippen LogP contribution is 2.29. The standard InChI is InChI=1S/C27H18BrNO3/c28-25-11-12-26(32-17-18-5-7-20(8-6-18)27(30)31)23(15-25)14-24(16-29)22-10-9-19-3-1-2-4-21(19)13-22/h1-15H,17H2,(H,30,31)/b24-14-. The third-order valence-corrected chi connectivity index (χ3v) is 5.54. The summed E-state index contributed by atoms with van der Waals surface area (Å²) in [5.41, 5.74) is 3.22. The molecule has 1 N–H and O–H groups in total. The number of nitriles is 1. The average Bonchev–Trinajstić information content (AvgIpc) is 2.82. The van der Waals surface area contributed by atoms with E-state index in [0.29, 0.717) is 11.3 Å². The zero-order chi connectivity index (χ0) is 22.5. The van der Waals surface area contributed by atoms with Crippen LogP contribution in [0.4, 0.5) is 0 Å². The van der Waals surface area contributed by atoms with Crippen LogP contribution in [0.25, 0.3) is 22.4 Å². The Hall–Kier alpha value is -3.88. The van der Waals surface area contributed by atoms with Crippen LogP contribution in [0.1, 0.15) is 27.0 Å². The van der Waals surface area contributed by atoms with Gasteiger partial charge < -0.3 is 9.84 Å². The van der Waals surface area contributed by atoms with Crippen molar-refractivity contribution in [1.29, 1.82) is 5.26 Å². The van der Waals surface area contributed by atoms with Gasteiger partial charge in [0, 0.05) is 10.0 Å². The summed E-state index contributed by atoms with van der Waals surface area (Å²) in [6, 6.07) is 28.5. The smallest absolute Gasteiger partial charge is 0.335 e. The summed E-state index contributed by atoms with van der Waals surface area (Å²) in [4.78, 5) is 11.0. The Morgan fingerprint density at radius 2 is 1.66 bits per heavy atom. The highest BCUT2D eigenvalue weighted by atomic mass is 79.9. The molecule has 0 fully saturated rings. The monoisotopic (exact) mass is 483 g/mol. The summed E-state index contributed by atoms with van der Waals surface area (Å²) in [5.74, 6) is -0.334. The number of hydrogen-bond acceptors (Lipinski definition) is 3. The Morgan fingerprint density at radius 1 is 0.938 bits per heavy atom. The number of hydrogen-bond donors (Lipinski definition) is 1. The van der Waals surface area contributed by atoms with Crippen LogP contribution < -0.4 is 4.74 Å². The van der Waals surface area contributed by atoms with E-state index < -0.39 is 5.97 Å². The molecule has 0 aliphatic carbocycles. The third-order valence-electron chi connectivity index (χ3n) is 5.05. The van der Waals surface area contributed by atoms with Crippen LogP contribution in [-0.2, 0) is 6.61 Å². The first kappa shape index (κ1) is 21.4. The highest BCUT2D eigenvalue weighted by molar-refractivity contribution is 9.10. The van der Waals surface area contributed by atoms with Crippen LogP contribution in [-0.4, -0.2) is 11.1 Å². The summed E-state index contributed by atoms with van der Waals surface area (Å²) in [7, 11) is 0. The SMILES string of the molecule is N#C/C(=C/c1cc(Br)ccc1OCc1ccc(C(=O)O)cc1)c1ccc2ccccc2c1. The van der Waals surface area contributed by atoms with E-state index in [2.05, 4.69) is 22.0 Å². The molecule has 0 radical (unpaired) electrons. The van der Waals surface area contributed by atoms with Crippen LogP contribution in [0.3, 0.4) is 0 Å². The lowest BCUT2D eigenvalue weighted by Crippen LogP contribution is -2.00. The van der Waals surface area contributed by atoms with Crippen molar-refractivity contribution in [2.45, 2.75) is 6.61 Å². The van der Waals surface area contributed by atoms with Crippen molar-refractivity contribution < 1.29 is 14.6 Å². The van der Waals surface area contributed by atoms with E-state index in [1.807, 2.05) is 66.7 Å². The van der Waals surface area contributed by atoms with Crippen LogP contribution in [0.15, 0.2) is 89.4 Å². The Balaban J connectivity index is 1.63. The van der Waals surface area contributed by atoms with Crippen LogP contribution >= 0.6 is 15.9 Å². The Kier molecular flexibility index (Phi) is 6.34. The van der Waals surface area contributed by atoms with Gasteiger partial charge in [-0.1, -0.05) is 64.5 Å². The minimum absolute atomic E-state index is 0.232. The van der Waals surface area contributed by atoms with Crippen molar-refractivity contribution in [3.63, 3.8) is 0 Å². The van der Waals surface area contributed by atoms with Gasteiger partial charge in [0.2, 0.25) is 0 Å². The fourth-order valence-electron chi connectivity index (χ4n) is 3.36. The first-order chi connectivity index (χ1) is 15.5. The second-order valence-corrected chi connectivity index (χ2v) is 8.12. The highest BCUT2D eigenvalue weighted by Gasteiger charge is 2.09. The maximum Gasteiger partial charge on any atom is 0.335 e. The predicted molar refractivity (Wildman–Crippen MR) is 129 cm³/mol. The minimum atomic E-state index is -0.962. The van der Waals surface area contributed by atoms with Gasteiger partial charge in [-0.3, -0.25) is 0 Å². The molecule has 0 amide bonds. The average molecular weight is 484 g/mol. The maximum absolute atomic E-state index is 11.0. The molecular weight excluding hydrogens is 466 g/mol. The Bertz CT molecular complexity index is 1370. The number of aromatic carboxylic acids is 1. The van der Waals surface area contributed by atoms with Gasteiger partial charge in [-0.2, -0.15) is 5.26 Å². The molecule has 0 aliphatic heterocycles. The molecule has 0 aliphatic rings. The van der Waals surface area contributed by atoms with Crippen LogP contribution in [0.2, 0.25) is 0 Å². The van der Waals surface area contributed by atoms with Gasteiger partial charge in [0.05, 0.1) is 17.2 Å². The van der Waals surface area contributed by atoms with Gasteiger partial charge in [0.1, 0.15) is 12.4 Å². The van der Waals surface area contributed by atoms with E-state index in [-0.39, 0.29) is 12.2 Å². The van der Waals surface area contributed by atoms with E-state index in [4.69, 9.17) is 9.84 Å². The van der Waals surface area contributed by atoms with Crippen molar-refractivity contribution in [3.05, 3.63) is 112 Å². The fourth-order valence-corrected chi connectivity index (χ4v) is 3.74. The number of rotatable bonds is 6. The number of allylic oxidation sites excluding steroid dienone is 1. The number of carboxylic acid groups (broad SMARTS) is 1. The molecular formula is C27H18BrNO3. The van der Waals surface area contributed by atoms with E-state index in [9.17, 15) is 10.1 Å². The molecule has 0 atom stereocenters. The number of carbonyl (C=O) groups is 1. The molecule has 0 bridgehead atoms. The molecule has 0 spiro atoms. The second-order valence-electron chi connectivity index (χ2n) is 7.20. The normalized spacial score (nSPS) is 11.2. The second kappa shape index (κ2) is 9.51. The van der Waals surface area contributed by atoms with Gasteiger partial charge in [-0.15, -0.1) is 0 Å². The molecule has 0 saturated carbocycles. The molecule has 0 saturated heterocycles. The number of benzene rings is 4. The van der Waals surface area contributed by atoms with Gasteiger partial charge in [-0.05, 0) is 64.4 Å². The molecule has 32 heavy (non-hydrogen) atoms.